The second-order valence-corrected chi connectivity index (χ2v) is 7.34. The first kappa shape index (κ1) is 18.2. The average molecular weight is 386 g/mol. The molecule has 2 heterocycles. The first-order chi connectivity index (χ1) is 13.3. The summed E-state index contributed by atoms with van der Waals surface area (Å²) in [4.78, 5) is 9.79. The van der Waals surface area contributed by atoms with Crippen LogP contribution in [0.2, 0.25) is 5.02 Å². The molecular weight excluding hydrogens is 362 g/mol. The number of rotatable bonds is 6. The maximum absolute atomic E-state index is 6.41. The molecule has 2 aromatic heterocycles. The van der Waals surface area contributed by atoms with Gasteiger partial charge in [0.1, 0.15) is 11.6 Å². The molecule has 1 aliphatic carbocycles. The molecule has 1 saturated carbocycles. The molecule has 3 aromatic rings. The smallest absolute Gasteiger partial charge is 0.168 e. The van der Waals surface area contributed by atoms with E-state index in [1.807, 2.05) is 28.9 Å². The van der Waals surface area contributed by atoms with Gasteiger partial charge in [-0.2, -0.15) is 5.10 Å². The molecule has 0 unspecified atom stereocenters. The van der Waals surface area contributed by atoms with Gasteiger partial charge in [0, 0.05) is 19.6 Å². The summed E-state index contributed by atoms with van der Waals surface area (Å²) >= 11 is 6.41. The number of anilines is 1. The molecule has 1 aromatic carbocycles. The van der Waals surface area contributed by atoms with Crippen LogP contribution in [0, 0.1) is 0 Å². The van der Waals surface area contributed by atoms with Crippen LogP contribution in [0.1, 0.15) is 43.8 Å². The van der Waals surface area contributed by atoms with Gasteiger partial charge in [0.25, 0.3) is 0 Å². The Kier molecular flexibility index (Phi) is 5.55. The summed E-state index contributed by atoms with van der Waals surface area (Å²) in [7, 11) is 1.69. The topological polar surface area (TPSA) is 64.9 Å². The van der Waals surface area contributed by atoms with Gasteiger partial charge in [-0.05, 0) is 25.0 Å². The molecule has 0 bridgehead atoms. The summed E-state index contributed by atoms with van der Waals surface area (Å²) in [6.07, 6.45) is 7.87. The Labute approximate surface area is 163 Å². The minimum atomic E-state index is 0.403. The zero-order valence-corrected chi connectivity index (χ0v) is 16.2. The molecule has 0 saturated heterocycles. The minimum Gasteiger partial charge on any atom is -0.383 e. The molecule has 0 atom stereocenters. The van der Waals surface area contributed by atoms with Crippen molar-refractivity contribution in [1.82, 2.24) is 19.7 Å². The number of methoxy groups -OCH3 is 1. The lowest BCUT2D eigenvalue weighted by atomic mass is 9.88. The number of hydrogen-bond donors (Lipinski definition) is 1. The van der Waals surface area contributed by atoms with Gasteiger partial charge >= 0.3 is 0 Å². The summed E-state index contributed by atoms with van der Waals surface area (Å²) in [5.74, 6) is 2.12. The van der Waals surface area contributed by atoms with Gasteiger partial charge in [0.15, 0.2) is 5.65 Å². The largest absolute Gasteiger partial charge is 0.383 e. The van der Waals surface area contributed by atoms with E-state index in [2.05, 4.69) is 10.4 Å². The van der Waals surface area contributed by atoms with Crippen molar-refractivity contribution >= 4 is 28.5 Å². The van der Waals surface area contributed by atoms with Crippen LogP contribution < -0.4 is 5.32 Å². The number of aromatic nitrogens is 4. The van der Waals surface area contributed by atoms with E-state index in [1.54, 1.807) is 13.3 Å². The third kappa shape index (κ3) is 3.77. The monoisotopic (exact) mass is 385 g/mol. The second-order valence-electron chi connectivity index (χ2n) is 6.93. The van der Waals surface area contributed by atoms with Crippen molar-refractivity contribution in [3.05, 3.63) is 41.3 Å². The van der Waals surface area contributed by atoms with Crippen LogP contribution in [0.15, 0.2) is 30.5 Å². The number of benzene rings is 1. The van der Waals surface area contributed by atoms with E-state index < -0.39 is 0 Å². The van der Waals surface area contributed by atoms with Crippen molar-refractivity contribution in [3.63, 3.8) is 0 Å². The Morgan fingerprint density at radius 2 is 2.00 bits per heavy atom. The number of hydrogen-bond acceptors (Lipinski definition) is 5. The van der Waals surface area contributed by atoms with Crippen molar-refractivity contribution in [1.29, 1.82) is 0 Å². The summed E-state index contributed by atoms with van der Waals surface area (Å²) in [6.45, 7) is 1.30. The van der Waals surface area contributed by atoms with Crippen molar-refractivity contribution in [2.45, 2.75) is 38.0 Å². The number of nitrogens with one attached hydrogen (secondary N) is 1. The SMILES string of the molecule is COCCNc1nc(C2CCCCC2)nc2c1cnn2-c1ccccc1Cl. The molecule has 1 fully saturated rings. The highest BCUT2D eigenvalue weighted by Gasteiger charge is 2.22. The van der Waals surface area contributed by atoms with Gasteiger partial charge in [-0.3, -0.25) is 0 Å². The predicted molar refractivity (Wildman–Crippen MR) is 108 cm³/mol. The molecule has 1 N–H and O–H groups in total. The Bertz CT molecular complexity index is 920. The molecule has 0 radical (unpaired) electrons. The van der Waals surface area contributed by atoms with E-state index in [0.29, 0.717) is 24.1 Å². The molecule has 7 heteroatoms. The van der Waals surface area contributed by atoms with Crippen LogP contribution in [0.25, 0.3) is 16.7 Å². The fourth-order valence-electron chi connectivity index (χ4n) is 3.67. The van der Waals surface area contributed by atoms with E-state index >= 15 is 0 Å². The fourth-order valence-corrected chi connectivity index (χ4v) is 3.89. The number of ether oxygens (including phenoxy) is 1. The van der Waals surface area contributed by atoms with Crippen LogP contribution in [0.3, 0.4) is 0 Å². The van der Waals surface area contributed by atoms with E-state index in [9.17, 15) is 0 Å². The van der Waals surface area contributed by atoms with Crippen LogP contribution in [0.5, 0.6) is 0 Å². The first-order valence-electron chi connectivity index (χ1n) is 9.51. The normalized spacial score (nSPS) is 15.3. The highest BCUT2D eigenvalue weighted by Crippen LogP contribution is 2.33. The van der Waals surface area contributed by atoms with Gasteiger partial charge in [0.2, 0.25) is 0 Å². The van der Waals surface area contributed by atoms with Crippen molar-refractivity contribution in [2.75, 3.05) is 25.6 Å². The standard InChI is InChI=1S/C20H24ClN5O/c1-27-12-11-22-19-15-13-23-26(17-10-6-5-9-16(17)21)20(15)25-18(24-19)14-7-3-2-4-8-14/h5-6,9-10,13-14H,2-4,7-8,11-12H2,1H3,(H,22,24,25). The van der Waals surface area contributed by atoms with Gasteiger partial charge in [-0.15, -0.1) is 0 Å². The molecule has 0 amide bonds. The predicted octanol–water partition coefficient (Wildman–Crippen LogP) is 4.57. The highest BCUT2D eigenvalue weighted by molar-refractivity contribution is 6.32. The maximum Gasteiger partial charge on any atom is 0.168 e. The molecular formula is C20H24ClN5O. The maximum atomic E-state index is 6.41. The van der Waals surface area contributed by atoms with Gasteiger partial charge in [-0.25, -0.2) is 14.6 Å². The summed E-state index contributed by atoms with van der Waals surface area (Å²) in [5.41, 5.74) is 1.61. The van der Waals surface area contributed by atoms with Gasteiger partial charge in [0.05, 0.1) is 28.9 Å². The van der Waals surface area contributed by atoms with Gasteiger partial charge in [-0.1, -0.05) is 43.0 Å². The zero-order chi connectivity index (χ0) is 18.6. The summed E-state index contributed by atoms with van der Waals surface area (Å²) in [6, 6.07) is 7.69. The van der Waals surface area contributed by atoms with E-state index in [1.165, 1.54) is 19.3 Å². The molecule has 1 aliphatic rings. The average Bonchev–Trinajstić information content (AvgIpc) is 3.13. The summed E-state index contributed by atoms with van der Waals surface area (Å²) < 4.78 is 6.98. The van der Waals surface area contributed by atoms with E-state index in [0.717, 1.165) is 41.2 Å². The van der Waals surface area contributed by atoms with Crippen LogP contribution in [-0.4, -0.2) is 40.0 Å². The molecule has 27 heavy (non-hydrogen) atoms. The lowest BCUT2D eigenvalue weighted by molar-refractivity contribution is 0.210. The molecule has 6 nitrogen and oxygen atoms in total. The van der Waals surface area contributed by atoms with Crippen molar-refractivity contribution < 1.29 is 4.74 Å². The van der Waals surface area contributed by atoms with Gasteiger partial charge < -0.3 is 10.1 Å². The number of halogens is 1. The minimum absolute atomic E-state index is 0.403. The first-order valence-corrected chi connectivity index (χ1v) is 9.89. The van der Waals surface area contributed by atoms with Crippen LogP contribution in [-0.2, 0) is 4.74 Å². The Balaban J connectivity index is 1.81. The highest BCUT2D eigenvalue weighted by atomic mass is 35.5. The van der Waals surface area contributed by atoms with E-state index in [4.69, 9.17) is 26.3 Å². The molecule has 0 aliphatic heterocycles. The zero-order valence-electron chi connectivity index (χ0n) is 15.5. The lowest BCUT2D eigenvalue weighted by Crippen LogP contribution is -2.14. The lowest BCUT2D eigenvalue weighted by Gasteiger charge is -2.21. The fraction of sp³-hybridized carbons (Fsp3) is 0.450. The number of para-hydroxylation sites is 1. The Morgan fingerprint density at radius 1 is 1.19 bits per heavy atom. The second kappa shape index (κ2) is 8.23. The molecule has 142 valence electrons. The van der Waals surface area contributed by atoms with Crippen LogP contribution >= 0.6 is 11.6 Å². The Morgan fingerprint density at radius 3 is 2.78 bits per heavy atom. The number of nitrogens with zero attached hydrogens (tertiary/aromatic N) is 4. The van der Waals surface area contributed by atoms with E-state index in [-0.39, 0.29) is 0 Å². The van der Waals surface area contributed by atoms with Crippen molar-refractivity contribution in [3.8, 4) is 5.69 Å². The summed E-state index contributed by atoms with van der Waals surface area (Å²) in [5, 5.41) is 9.49. The quantitative estimate of drug-likeness (QED) is 0.629. The van der Waals surface area contributed by atoms with Crippen molar-refractivity contribution in [2.24, 2.45) is 0 Å². The third-order valence-electron chi connectivity index (χ3n) is 5.10. The molecule has 0 spiro atoms. The molecule has 4 rings (SSSR count). The number of fused-ring (bicyclic) bond motifs is 1. The third-order valence-corrected chi connectivity index (χ3v) is 5.41. The Hall–Kier alpha value is -2.18. The van der Waals surface area contributed by atoms with Crippen LogP contribution in [0.4, 0.5) is 5.82 Å².